The van der Waals surface area contributed by atoms with Crippen molar-refractivity contribution in [2.24, 2.45) is 5.84 Å². The first-order valence-corrected chi connectivity index (χ1v) is 5.48. The zero-order valence-electron chi connectivity index (χ0n) is 8.34. The van der Waals surface area contributed by atoms with Crippen molar-refractivity contribution in [3.05, 3.63) is 46.2 Å². The molecule has 0 saturated carbocycles. The molecule has 0 spiro atoms. The van der Waals surface area contributed by atoms with E-state index in [2.05, 4.69) is 15.4 Å². The summed E-state index contributed by atoms with van der Waals surface area (Å²) in [4.78, 5) is 9.56. The van der Waals surface area contributed by atoms with Crippen LogP contribution in [0.3, 0.4) is 0 Å². The van der Waals surface area contributed by atoms with Crippen molar-refractivity contribution in [3.63, 3.8) is 0 Å². The van der Waals surface area contributed by atoms with E-state index < -0.39 is 0 Å². The van der Waals surface area contributed by atoms with Crippen molar-refractivity contribution in [3.8, 4) is 0 Å². The Morgan fingerprint density at radius 2 is 2.33 bits per heavy atom. The molecule has 0 saturated heterocycles. The zero-order valence-corrected chi connectivity index (χ0v) is 9.16. The highest BCUT2D eigenvalue weighted by Crippen LogP contribution is 2.23. The number of nitrogens with zero attached hydrogens (tertiary/aromatic N) is 2. The molecule has 2 aromatic rings. The summed E-state index contributed by atoms with van der Waals surface area (Å²) in [5, 5.41) is 2.02. The van der Waals surface area contributed by atoms with Gasteiger partial charge in [-0.3, -0.25) is 5.84 Å². The van der Waals surface area contributed by atoms with Crippen LogP contribution in [0.25, 0.3) is 0 Å². The second-order valence-electron chi connectivity index (χ2n) is 3.14. The Morgan fingerprint density at radius 1 is 1.47 bits per heavy atom. The van der Waals surface area contributed by atoms with E-state index in [1.165, 1.54) is 0 Å². The summed E-state index contributed by atoms with van der Waals surface area (Å²) in [6, 6.07) is 5.86. The molecule has 3 N–H and O–H groups in total. The molecule has 0 aromatic carbocycles. The molecule has 2 heterocycles. The normalized spacial score (nSPS) is 12.7. The monoisotopic (exact) mass is 220 g/mol. The standard InChI is InChI=1S/C10H12N4S/c1-7-12-5-4-8(13-7)10(14-11)9-3-2-6-15-9/h2-6,10,14H,11H2,1H3. The molecule has 0 radical (unpaired) electrons. The van der Waals surface area contributed by atoms with Crippen LogP contribution in [0.15, 0.2) is 29.8 Å². The summed E-state index contributed by atoms with van der Waals surface area (Å²) in [5.74, 6) is 6.30. The summed E-state index contributed by atoms with van der Waals surface area (Å²) < 4.78 is 0. The highest BCUT2D eigenvalue weighted by atomic mass is 32.1. The summed E-state index contributed by atoms with van der Waals surface area (Å²) in [5.41, 5.74) is 3.66. The molecule has 0 aliphatic carbocycles. The summed E-state index contributed by atoms with van der Waals surface area (Å²) in [6.07, 6.45) is 1.75. The van der Waals surface area contributed by atoms with Gasteiger partial charge < -0.3 is 0 Å². The van der Waals surface area contributed by atoms with E-state index in [9.17, 15) is 0 Å². The number of thiophene rings is 1. The lowest BCUT2D eigenvalue weighted by Gasteiger charge is -2.13. The van der Waals surface area contributed by atoms with E-state index in [-0.39, 0.29) is 6.04 Å². The van der Waals surface area contributed by atoms with Gasteiger partial charge in [-0.05, 0) is 24.4 Å². The van der Waals surface area contributed by atoms with Gasteiger partial charge >= 0.3 is 0 Å². The average Bonchev–Trinajstić information content (AvgIpc) is 2.72. The summed E-state index contributed by atoms with van der Waals surface area (Å²) in [7, 11) is 0. The fourth-order valence-electron chi connectivity index (χ4n) is 1.40. The Balaban J connectivity index is 2.35. The van der Waals surface area contributed by atoms with E-state index in [4.69, 9.17) is 5.84 Å². The second kappa shape index (κ2) is 4.48. The van der Waals surface area contributed by atoms with Gasteiger partial charge in [-0.1, -0.05) is 6.07 Å². The van der Waals surface area contributed by atoms with Crippen LogP contribution in [0, 0.1) is 6.92 Å². The first kappa shape index (κ1) is 10.2. The van der Waals surface area contributed by atoms with Crippen LogP contribution >= 0.6 is 11.3 Å². The maximum absolute atomic E-state index is 5.54. The van der Waals surface area contributed by atoms with Gasteiger partial charge in [0, 0.05) is 11.1 Å². The lowest BCUT2D eigenvalue weighted by atomic mass is 10.2. The third kappa shape index (κ3) is 2.20. The Bertz CT molecular complexity index is 427. The Labute approximate surface area is 92.2 Å². The fourth-order valence-corrected chi connectivity index (χ4v) is 2.20. The number of hydrazine groups is 1. The Kier molecular flexibility index (Phi) is 3.05. The minimum atomic E-state index is -0.0494. The Hall–Kier alpha value is -1.30. The first-order valence-electron chi connectivity index (χ1n) is 4.60. The number of rotatable bonds is 3. The minimum absolute atomic E-state index is 0.0494. The Morgan fingerprint density at radius 3 is 2.93 bits per heavy atom. The molecular weight excluding hydrogens is 208 g/mol. The largest absolute Gasteiger partial charge is 0.270 e. The van der Waals surface area contributed by atoms with Gasteiger partial charge in [0.1, 0.15) is 5.82 Å². The molecule has 5 heteroatoms. The lowest BCUT2D eigenvalue weighted by Crippen LogP contribution is -2.29. The molecule has 1 unspecified atom stereocenters. The average molecular weight is 220 g/mol. The van der Waals surface area contributed by atoms with Gasteiger partial charge in [-0.2, -0.15) is 0 Å². The van der Waals surface area contributed by atoms with Crippen molar-refractivity contribution in [2.45, 2.75) is 13.0 Å². The first-order chi connectivity index (χ1) is 7.31. The van der Waals surface area contributed by atoms with Crippen molar-refractivity contribution < 1.29 is 0 Å². The van der Waals surface area contributed by atoms with Crippen LogP contribution < -0.4 is 11.3 Å². The van der Waals surface area contributed by atoms with Crippen molar-refractivity contribution in [1.82, 2.24) is 15.4 Å². The number of nitrogens with one attached hydrogen (secondary N) is 1. The van der Waals surface area contributed by atoms with Crippen LogP contribution in [-0.2, 0) is 0 Å². The third-order valence-electron chi connectivity index (χ3n) is 2.09. The molecule has 0 bridgehead atoms. The quantitative estimate of drug-likeness (QED) is 0.606. The molecular formula is C10H12N4S. The molecule has 0 aliphatic rings. The zero-order chi connectivity index (χ0) is 10.7. The van der Waals surface area contributed by atoms with Gasteiger partial charge in [0.05, 0.1) is 11.7 Å². The minimum Gasteiger partial charge on any atom is -0.270 e. The van der Waals surface area contributed by atoms with Gasteiger partial charge in [-0.15, -0.1) is 11.3 Å². The number of aryl methyl sites for hydroxylation is 1. The third-order valence-corrected chi connectivity index (χ3v) is 3.02. The highest BCUT2D eigenvalue weighted by Gasteiger charge is 2.14. The van der Waals surface area contributed by atoms with Crippen LogP contribution in [0.2, 0.25) is 0 Å². The molecule has 15 heavy (non-hydrogen) atoms. The summed E-state index contributed by atoms with van der Waals surface area (Å²) in [6.45, 7) is 1.87. The van der Waals surface area contributed by atoms with Crippen LogP contribution in [0.1, 0.15) is 22.4 Å². The molecule has 2 aromatic heterocycles. The SMILES string of the molecule is Cc1nccc(C(NN)c2cccs2)n1. The van der Waals surface area contributed by atoms with Crippen molar-refractivity contribution in [1.29, 1.82) is 0 Å². The summed E-state index contributed by atoms with van der Waals surface area (Å²) >= 11 is 1.65. The number of aromatic nitrogens is 2. The molecule has 0 aliphatic heterocycles. The number of nitrogens with two attached hydrogens (primary N) is 1. The predicted molar refractivity (Wildman–Crippen MR) is 60.3 cm³/mol. The topological polar surface area (TPSA) is 63.8 Å². The van der Waals surface area contributed by atoms with Crippen LogP contribution in [0.5, 0.6) is 0 Å². The molecule has 78 valence electrons. The van der Waals surface area contributed by atoms with Gasteiger partial charge in [0.15, 0.2) is 0 Å². The van der Waals surface area contributed by atoms with E-state index in [0.29, 0.717) is 0 Å². The van der Waals surface area contributed by atoms with E-state index in [0.717, 1.165) is 16.4 Å². The van der Waals surface area contributed by atoms with E-state index in [1.54, 1.807) is 17.5 Å². The molecule has 0 fully saturated rings. The van der Waals surface area contributed by atoms with E-state index in [1.807, 2.05) is 30.5 Å². The maximum Gasteiger partial charge on any atom is 0.125 e. The van der Waals surface area contributed by atoms with E-state index >= 15 is 0 Å². The smallest absolute Gasteiger partial charge is 0.125 e. The van der Waals surface area contributed by atoms with Gasteiger partial charge in [0.25, 0.3) is 0 Å². The fraction of sp³-hybridized carbons (Fsp3) is 0.200. The molecule has 2 rings (SSSR count). The maximum atomic E-state index is 5.54. The molecule has 1 atom stereocenters. The van der Waals surface area contributed by atoms with Gasteiger partial charge in [-0.25, -0.2) is 15.4 Å². The molecule has 4 nitrogen and oxygen atoms in total. The van der Waals surface area contributed by atoms with Crippen LogP contribution in [-0.4, -0.2) is 9.97 Å². The predicted octanol–water partition coefficient (Wildman–Crippen LogP) is 1.40. The molecule has 0 amide bonds. The number of hydrogen-bond donors (Lipinski definition) is 2. The van der Waals surface area contributed by atoms with Crippen molar-refractivity contribution >= 4 is 11.3 Å². The second-order valence-corrected chi connectivity index (χ2v) is 4.12. The van der Waals surface area contributed by atoms with Crippen LogP contribution in [0.4, 0.5) is 0 Å². The number of hydrogen-bond acceptors (Lipinski definition) is 5. The van der Waals surface area contributed by atoms with Crippen molar-refractivity contribution in [2.75, 3.05) is 0 Å². The highest BCUT2D eigenvalue weighted by molar-refractivity contribution is 7.10. The van der Waals surface area contributed by atoms with Gasteiger partial charge in [0.2, 0.25) is 0 Å². The lowest BCUT2D eigenvalue weighted by molar-refractivity contribution is 0.625.